The minimum Gasteiger partial charge on any atom is -0.456 e. The van der Waals surface area contributed by atoms with E-state index in [1.807, 2.05) is 0 Å². The van der Waals surface area contributed by atoms with E-state index in [9.17, 15) is 39.3 Å². The van der Waals surface area contributed by atoms with Crippen molar-refractivity contribution in [2.45, 2.75) is 122 Å². The lowest BCUT2D eigenvalue weighted by Gasteiger charge is -2.67. The van der Waals surface area contributed by atoms with Gasteiger partial charge in [-0.2, -0.15) is 0 Å². The molecule has 2 aromatic carbocycles. The van der Waals surface area contributed by atoms with Gasteiger partial charge in [-0.25, -0.2) is 9.59 Å². The van der Waals surface area contributed by atoms with E-state index in [1.54, 1.807) is 76.2 Å². The summed E-state index contributed by atoms with van der Waals surface area (Å²) in [6.45, 7) is 11.3. The Bertz CT molecular complexity index is 2030. The molecule has 6 rings (SSSR count). The van der Waals surface area contributed by atoms with Gasteiger partial charge in [-0.1, -0.05) is 76.2 Å². The van der Waals surface area contributed by atoms with Crippen LogP contribution in [0.25, 0.3) is 0 Å². The van der Waals surface area contributed by atoms with Gasteiger partial charge in [-0.3, -0.25) is 19.2 Å². The first-order chi connectivity index (χ1) is 27.6. The molecule has 1 heterocycles. The van der Waals surface area contributed by atoms with Crippen LogP contribution in [0, 0.1) is 22.7 Å². The normalized spacial score (nSPS) is 33.1. The van der Waals surface area contributed by atoms with E-state index >= 15 is 4.79 Å². The Morgan fingerprint density at radius 3 is 2.05 bits per heavy atom. The van der Waals surface area contributed by atoms with Gasteiger partial charge in [0.25, 0.3) is 0 Å². The Kier molecular flexibility index (Phi) is 11.8. The molecular formula is C44H53NO14. The molecule has 15 nitrogen and oxygen atoms in total. The van der Waals surface area contributed by atoms with Crippen molar-refractivity contribution in [2.75, 3.05) is 6.61 Å². The summed E-state index contributed by atoms with van der Waals surface area (Å²) in [4.78, 5) is 82.6. The number of hydrogen-bond acceptors (Lipinski definition) is 14. The number of benzene rings is 2. The molecule has 3 fully saturated rings. The molecule has 4 aliphatic rings. The molecule has 4 N–H and O–H groups in total. The van der Waals surface area contributed by atoms with Crippen LogP contribution in [0.5, 0.6) is 0 Å². The molecule has 318 valence electrons. The van der Waals surface area contributed by atoms with Gasteiger partial charge >= 0.3 is 23.9 Å². The number of aliphatic hydroxyl groups is 3. The summed E-state index contributed by atoms with van der Waals surface area (Å²) in [6.07, 6.45) is -10.4. The second-order valence-electron chi connectivity index (χ2n) is 17.2. The average Bonchev–Trinajstić information content (AvgIpc) is 3.18. The zero-order valence-corrected chi connectivity index (χ0v) is 34.4. The summed E-state index contributed by atoms with van der Waals surface area (Å²) in [5, 5.41) is 39.9. The highest BCUT2D eigenvalue weighted by Crippen LogP contribution is 2.64. The molecule has 1 aliphatic heterocycles. The lowest BCUT2D eigenvalue weighted by Crippen LogP contribution is -2.82. The van der Waals surface area contributed by atoms with Crippen molar-refractivity contribution in [1.29, 1.82) is 0 Å². The number of esters is 4. The zero-order chi connectivity index (χ0) is 43.4. The van der Waals surface area contributed by atoms with E-state index in [2.05, 4.69) is 5.32 Å². The SMILES string of the molecule is CC(=O)OC1C(=O)[C@]2(C)C(O)CC3OC[C@@]3(OC(C)=O)C2C(OC(=O)c2ccccc2)C2(O)CC(OC(=O)C(O)C(NC(=O)C(C)C)c3ccccc3)C(C)=C1C2(C)C. The Hall–Kier alpha value is -4.96. The first-order valence-corrected chi connectivity index (χ1v) is 19.8. The number of carbonyl (C=O) groups is 6. The molecule has 3 aliphatic carbocycles. The van der Waals surface area contributed by atoms with Crippen LogP contribution >= 0.6 is 0 Å². The van der Waals surface area contributed by atoms with Gasteiger partial charge < -0.3 is 44.3 Å². The Labute approximate surface area is 342 Å². The fraction of sp³-hybridized carbons (Fsp3) is 0.545. The fourth-order valence-corrected chi connectivity index (χ4v) is 9.69. The van der Waals surface area contributed by atoms with Crippen LogP contribution in [-0.2, 0) is 47.7 Å². The van der Waals surface area contributed by atoms with Gasteiger partial charge in [-0.15, -0.1) is 0 Å². The second-order valence-corrected chi connectivity index (χ2v) is 17.2. The number of Topliss-reactive ketones (excluding diaryl/α,β-unsaturated/α-hetero) is 1. The minimum absolute atomic E-state index is 0.00705. The van der Waals surface area contributed by atoms with Gasteiger partial charge in [0.05, 0.1) is 35.6 Å². The van der Waals surface area contributed by atoms with Crippen LogP contribution in [0.2, 0.25) is 0 Å². The summed E-state index contributed by atoms with van der Waals surface area (Å²) >= 11 is 0. The number of fused-ring (bicyclic) bond motifs is 5. The fourth-order valence-electron chi connectivity index (χ4n) is 9.69. The van der Waals surface area contributed by atoms with Crippen molar-refractivity contribution in [3.05, 3.63) is 82.9 Å². The van der Waals surface area contributed by atoms with Crippen molar-refractivity contribution in [3.8, 4) is 0 Å². The first-order valence-electron chi connectivity index (χ1n) is 19.8. The lowest BCUT2D eigenvalue weighted by atomic mass is 9.44. The number of rotatable bonds is 10. The highest BCUT2D eigenvalue weighted by Gasteiger charge is 2.78. The van der Waals surface area contributed by atoms with Crippen molar-refractivity contribution in [3.63, 3.8) is 0 Å². The predicted octanol–water partition coefficient (Wildman–Crippen LogP) is 3.08. The number of carbonyl (C=O) groups excluding carboxylic acids is 6. The Balaban J connectivity index is 1.56. The van der Waals surface area contributed by atoms with Crippen LogP contribution in [0.1, 0.15) is 90.2 Å². The quantitative estimate of drug-likeness (QED) is 0.154. The third-order valence-electron chi connectivity index (χ3n) is 13.0. The molecule has 15 heteroatoms. The van der Waals surface area contributed by atoms with Gasteiger partial charge in [0, 0.05) is 38.0 Å². The van der Waals surface area contributed by atoms with Crippen LogP contribution in [-0.4, -0.2) is 105 Å². The molecule has 1 saturated heterocycles. The zero-order valence-electron chi connectivity index (χ0n) is 34.4. The summed E-state index contributed by atoms with van der Waals surface area (Å²) in [5.41, 5.74) is -7.16. The van der Waals surface area contributed by atoms with Gasteiger partial charge in [0.2, 0.25) is 5.91 Å². The standard InChI is InChI=1S/C44H53NO14/c1-22(2)38(51)45-32(26-15-11-9-12-16-26)33(49)40(53)57-28-20-44(54)37(58-39(52)27-17-13-10-14-18-27)35-42(8,29(48)19-30-43(35,21-55-30)59-25(5)47)36(50)34(56-24(4)46)31(23(28)3)41(44,6)7/h9-18,22,28-30,32-35,37,48-49,54H,19-21H2,1-8H3,(H,45,51)/t28?,29?,30?,32?,33?,34?,35?,37?,42-,43+,44?/m1/s1. The van der Waals surface area contributed by atoms with Gasteiger partial charge in [0.1, 0.15) is 23.9 Å². The second kappa shape index (κ2) is 15.9. The molecular weight excluding hydrogens is 766 g/mol. The molecule has 1 amide bonds. The number of aliphatic hydroxyl groups excluding tert-OH is 2. The van der Waals surface area contributed by atoms with E-state index < -0.39 is 119 Å². The predicted molar refractivity (Wildman–Crippen MR) is 207 cm³/mol. The minimum atomic E-state index is -2.37. The maximum Gasteiger partial charge on any atom is 0.338 e. The molecule has 0 spiro atoms. The van der Waals surface area contributed by atoms with E-state index in [4.69, 9.17) is 23.7 Å². The first kappa shape index (κ1) is 43.6. The Morgan fingerprint density at radius 2 is 1.51 bits per heavy atom. The van der Waals surface area contributed by atoms with Crippen LogP contribution in [0.15, 0.2) is 71.8 Å². The van der Waals surface area contributed by atoms with Crippen LogP contribution in [0.3, 0.4) is 0 Å². The molecule has 2 aromatic rings. The number of amides is 1. The van der Waals surface area contributed by atoms with Gasteiger partial charge in [0.15, 0.2) is 23.6 Å². The van der Waals surface area contributed by atoms with Crippen molar-refractivity contribution < 1.29 is 67.8 Å². The van der Waals surface area contributed by atoms with E-state index in [0.717, 1.165) is 13.8 Å². The monoisotopic (exact) mass is 819 g/mol. The van der Waals surface area contributed by atoms with Crippen LogP contribution < -0.4 is 5.32 Å². The third-order valence-corrected chi connectivity index (χ3v) is 13.0. The summed E-state index contributed by atoms with van der Waals surface area (Å²) in [7, 11) is 0. The number of ketones is 1. The third kappa shape index (κ3) is 7.25. The molecule has 59 heavy (non-hydrogen) atoms. The van der Waals surface area contributed by atoms with Gasteiger partial charge in [-0.05, 0) is 42.7 Å². The van der Waals surface area contributed by atoms with Crippen molar-refractivity contribution in [1.82, 2.24) is 5.32 Å². The molecule has 0 aromatic heterocycles. The molecule has 2 bridgehead atoms. The Morgan fingerprint density at radius 1 is 0.898 bits per heavy atom. The highest BCUT2D eigenvalue weighted by molar-refractivity contribution is 5.95. The highest BCUT2D eigenvalue weighted by atomic mass is 16.6. The maximum atomic E-state index is 15.4. The summed E-state index contributed by atoms with van der Waals surface area (Å²) < 4.78 is 30.2. The molecule has 11 atom stereocenters. The largest absolute Gasteiger partial charge is 0.456 e. The van der Waals surface area contributed by atoms with E-state index in [1.165, 1.54) is 26.0 Å². The molecule has 9 unspecified atom stereocenters. The van der Waals surface area contributed by atoms with Crippen LogP contribution in [0.4, 0.5) is 0 Å². The number of ether oxygens (including phenoxy) is 5. The molecule has 2 saturated carbocycles. The van der Waals surface area contributed by atoms with Crippen molar-refractivity contribution in [2.24, 2.45) is 22.7 Å². The number of nitrogens with one attached hydrogen (secondary N) is 1. The summed E-state index contributed by atoms with van der Waals surface area (Å²) in [6, 6.07) is 14.9. The summed E-state index contributed by atoms with van der Waals surface area (Å²) in [5.74, 6) is -7.15. The smallest absolute Gasteiger partial charge is 0.338 e. The average molecular weight is 820 g/mol. The maximum absolute atomic E-state index is 15.4. The lowest BCUT2D eigenvalue weighted by molar-refractivity contribution is -0.346. The van der Waals surface area contributed by atoms with E-state index in [-0.39, 0.29) is 29.7 Å². The topological polar surface area (TPSA) is 221 Å². The molecule has 0 radical (unpaired) electrons. The van der Waals surface area contributed by atoms with Crippen molar-refractivity contribution >= 4 is 35.6 Å². The van der Waals surface area contributed by atoms with E-state index in [0.29, 0.717) is 5.56 Å². The number of hydrogen-bond donors (Lipinski definition) is 4.